The number of hydrogen-bond donors (Lipinski definition) is 1. The zero-order valence-corrected chi connectivity index (χ0v) is 14.1. The second-order valence-corrected chi connectivity index (χ2v) is 7.40. The highest BCUT2D eigenvalue weighted by atomic mass is 32.2. The highest BCUT2D eigenvalue weighted by molar-refractivity contribution is 7.99. The Balaban J connectivity index is 1.79. The number of benzene rings is 1. The van der Waals surface area contributed by atoms with Gasteiger partial charge in [-0.2, -0.15) is 0 Å². The molecule has 1 aromatic carbocycles. The molecule has 1 aliphatic heterocycles. The number of hydrogen-bond acceptors (Lipinski definition) is 5. The molecule has 0 spiro atoms. The summed E-state index contributed by atoms with van der Waals surface area (Å²) in [7, 11) is 0. The minimum Gasteiger partial charge on any atom is -0.308 e. The summed E-state index contributed by atoms with van der Waals surface area (Å²) >= 11 is 3.71. The Morgan fingerprint density at radius 1 is 1.29 bits per heavy atom. The van der Waals surface area contributed by atoms with E-state index in [-0.39, 0.29) is 0 Å². The molecule has 0 aliphatic carbocycles. The smallest absolute Gasteiger partial charge is 0.134 e. The summed E-state index contributed by atoms with van der Waals surface area (Å²) < 4.78 is 0. The molecular formula is C16H21N3S2. The van der Waals surface area contributed by atoms with Crippen LogP contribution in [0.3, 0.4) is 0 Å². The fraction of sp³-hybridized carbons (Fsp3) is 0.500. The molecule has 3 nitrogen and oxygen atoms in total. The summed E-state index contributed by atoms with van der Waals surface area (Å²) in [6, 6.07) is 9.02. The Bertz CT molecular complexity index is 597. The standard InChI is InChI=1S/C16H21N3S2/c1-3-9-17-13(4-2)16-19-18-15(21-16)12-10-20-14-8-6-5-7-11(12)14/h5-8,12-13,17H,3-4,9-10H2,1-2H3. The summed E-state index contributed by atoms with van der Waals surface area (Å²) in [5.74, 6) is 1.51. The highest BCUT2D eigenvalue weighted by Crippen LogP contribution is 2.43. The van der Waals surface area contributed by atoms with E-state index >= 15 is 0 Å². The van der Waals surface area contributed by atoms with Gasteiger partial charge in [0.15, 0.2) is 0 Å². The van der Waals surface area contributed by atoms with Crippen LogP contribution in [0, 0.1) is 0 Å². The maximum absolute atomic E-state index is 4.49. The van der Waals surface area contributed by atoms with Crippen LogP contribution in [0.5, 0.6) is 0 Å². The quantitative estimate of drug-likeness (QED) is 0.865. The number of rotatable bonds is 6. The van der Waals surface area contributed by atoms with Crippen molar-refractivity contribution < 1.29 is 0 Å². The van der Waals surface area contributed by atoms with E-state index in [4.69, 9.17) is 0 Å². The van der Waals surface area contributed by atoms with Gasteiger partial charge in [0.25, 0.3) is 0 Å². The van der Waals surface area contributed by atoms with Gasteiger partial charge in [0.05, 0.1) is 6.04 Å². The lowest BCUT2D eigenvalue weighted by atomic mass is 10.0. The van der Waals surface area contributed by atoms with Crippen molar-refractivity contribution in [2.24, 2.45) is 0 Å². The number of nitrogens with zero attached hydrogens (tertiary/aromatic N) is 2. The molecule has 112 valence electrons. The Labute approximate surface area is 134 Å². The third-order valence-electron chi connectivity index (χ3n) is 3.80. The summed E-state index contributed by atoms with van der Waals surface area (Å²) in [4.78, 5) is 1.40. The number of thioether (sulfide) groups is 1. The Morgan fingerprint density at radius 2 is 2.14 bits per heavy atom. The first-order valence-corrected chi connectivity index (χ1v) is 9.42. The zero-order chi connectivity index (χ0) is 14.7. The van der Waals surface area contributed by atoms with Crippen LogP contribution in [0.1, 0.15) is 54.2 Å². The molecule has 3 rings (SSSR count). The molecule has 2 heterocycles. The highest BCUT2D eigenvalue weighted by Gasteiger charge is 2.28. The second kappa shape index (κ2) is 6.90. The van der Waals surface area contributed by atoms with Crippen molar-refractivity contribution in [1.82, 2.24) is 15.5 Å². The topological polar surface area (TPSA) is 37.8 Å². The van der Waals surface area contributed by atoms with Gasteiger partial charge in [0.2, 0.25) is 0 Å². The minimum atomic E-state index is 0.348. The van der Waals surface area contributed by atoms with Gasteiger partial charge in [0.1, 0.15) is 10.0 Å². The SMILES string of the molecule is CCCNC(CC)c1nnc(C2CSc3ccccc32)s1. The monoisotopic (exact) mass is 319 g/mol. The predicted octanol–water partition coefficient (Wildman–Crippen LogP) is 4.23. The molecular weight excluding hydrogens is 298 g/mol. The van der Waals surface area contributed by atoms with Crippen LogP contribution < -0.4 is 5.32 Å². The lowest BCUT2D eigenvalue weighted by Gasteiger charge is -2.12. The Hall–Kier alpha value is -0.910. The van der Waals surface area contributed by atoms with E-state index in [1.54, 1.807) is 11.3 Å². The fourth-order valence-electron chi connectivity index (χ4n) is 2.62. The third kappa shape index (κ3) is 3.15. The lowest BCUT2D eigenvalue weighted by molar-refractivity contribution is 0.512. The molecule has 0 radical (unpaired) electrons. The van der Waals surface area contributed by atoms with Crippen molar-refractivity contribution in [3.63, 3.8) is 0 Å². The molecule has 1 aromatic heterocycles. The van der Waals surface area contributed by atoms with Crippen molar-refractivity contribution in [1.29, 1.82) is 0 Å². The molecule has 0 bridgehead atoms. The Morgan fingerprint density at radius 3 is 2.95 bits per heavy atom. The normalized spacial score (nSPS) is 18.7. The van der Waals surface area contributed by atoms with Gasteiger partial charge in [-0.1, -0.05) is 43.4 Å². The van der Waals surface area contributed by atoms with Gasteiger partial charge in [0, 0.05) is 16.6 Å². The molecule has 0 saturated carbocycles. The fourth-order valence-corrected chi connectivity index (χ4v) is 5.08. The molecule has 0 fully saturated rings. The summed E-state index contributed by atoms with van der Waals surface area (Å²) in [6.45, 7) is 5.43. The van der Waals surface area contributed by atoms with Crippen LogP contribution in [0.15, 0.2) is 29.2 Å². The molecule has 5 heteroatoms. The summed E-state index contributed by atoms with van der Waals surface area (Å²) in [5.41, 5.74) is 1.42. The largest absolute Gasteiger partial charge is 0.308 e. The van der Waals surface area contributed by atoms with Gasteiger partial charge in [-0.15, -0.1) is 22.0 Å². The van der Waals surface area contributed by atoms with Gasteiger partial charge >= 0.3 is 0 Å². The van der Waals surface area contributed by atoms with E-state index in [2.05, 4.69) is 53.6 Å². The average molecular weight is 319 g/mol. The predicted molar refractivity (Wildman–Crippen MR) is 90.2 cm³/mol. The van der Waals surface area contributed by atoms with Crippen LogP contribution in [0.25, 0.3) is 0 Å². The number of fused-ring (bicyclic) bond motifs is 1. The van der Waals surface area contributed by atoms with E-state index in [0.29, 0.717) is 12.0 Å². The molecule has 1 N–H and O–H groups in total. The van der Waals surface area contributed by atoms with Crippen molar-refractivity contribution in [2.75, 3.05) is 12.3 Å². The summed E-state index contributed by atoms with van der Waals surface area (Å²) in [6.07, 6.45) is 2.21. The molecule has 2 unspecified atom stereocenters. The van der Waals surface area contributed by atoms with Crippen LogP contribution in [-0.4, -0.2) is 22.5 Å². The first kappa shape index (κ1) is 15.0. The molecule has 2 atom stereocenters. The van der Waals surface area contributed by atoms with Crippen molar-refractivity contribution in [3.8, 4) is 0 Å². The van der Waals surface area contributed by atoms with Crippen LogP contribution >= 0.6 is 23.1 Å². The minimum absolute atomic E-state index is 0.348. The molecule has 2 aromatic rings. The van der Waals surface area contributed by atoms with E-state index in [0.717, 1.165) is 30.1 Å². The van der Waals surface area contributed by atoms with Gasteiger partial charge in [-0.05, 0) is 31.0 Å². The first-order chi connectivity index (χ1) is 10.3. The Kier molecular flexibility index (Phi) is 4.93. The van der Waals surface area contributed by atoms with Gasteiger partial charge in [-0.25, -0.2) is 0 Å². The van der Waals surface area contributed by atoms with Gasteiger partial charge in [-0.3, -0.25) is 0 Å². The van der Waals surface area contributed by atoms with E-state index in [1.165, 1.54) is 15.5 Å². The first-order valence-electron chi connectivity index (χ1n) is 7.61. The van der Waals surface area contributed by atoms with Crippen molar-refractivity contribution in [2.45, 2.75) is 43.5 Å². The van der Waals surface area contributed by atoms with Crippen LogP contribution in [-0.2, 0) is 0 Å². The zero-order valence-electron chi connectivity index (χ0n) is 12.5. The second-order valence-electron chi connectivity index (χ2n) is 5.29. The van der Waals surface area contributed by atoms with E-state index in [1.807, 2.05) is 11.8 Å². The van der Waals surface area contributed by atoms with Crippen LogP contribution in [0.4, 0.5) is 0 Å². The molecule has 1 aliphatic rings. The van der Waals surface area contributed by atoms with Crippen molar-refractivity contribution in [3.05, 3.63) is 39.8 Å². The van der Waals surface area contributed by atoms with Crippen LogP contribution in [0.2, 0.25) is 0 Å². The maximum atomic E-state index is 4.49. The number of nitrogens with one attached hydrogen (secondary N) is 1. The molecule has 21 heavy (non-hydrogen) atoms. The maximum Gasteiger partial charge on any atom is 0.134 e. The van der Waals surface area contributed by atoms with Gasteiger partial charge < -0.3 is 5.32 Å². The third-order valence-corrected chi connectivity index (χ3v) is 6.13. The van der Waals surface area contributed by atoms with E-state index in [9.17, 15) is 0 Å². The lowest BCUT2D eigenvalue weighted by Crippen LogP contribution is -2.21. The molecule has 0 saturated heterocycles. The van der Waals surface area contributed by atoms with E-state index < -0.39 is 0 Å². The number of aromatic nitrogens is 2. The summed E-state index contributed by atoms with van der Waals surface area (Å²) in [5, 5.41) is 14.8. The average Bonchev–Trinajstić information content (AvgIpc) is 3.14. The molecule has 0 amide bonds. The van der Waals surface area contributed by atoms with Crippen molar-refractivity contribution >= 4 is 23.1 Å².